The predicted molar refractivity (Wildman–Crippen MR) is 49.7 cm³/mol. The molecule has 0 radical (unpaired) electrons. The third kappa shape index (κ3) is 2.02. The van der Waals surface area contributed by atoms with Crippen molar-refractivity contribution in [1.82, 2.24) is 10.2 Å². The predicted octanol–water partition coefficient (Wildman–Crippen LogP) is 2.24. The fraction of sp³-hybridized carbons (Fsp3) is 0. The molecular weight excluding hydrogens is 164 g/mol. The van der Waals surface area contributed by atoms with Crippen molar-refractivity contribution in [2.24, 2.45) is 0 Å². The van der Waals surface area contributed by atoms with Gasteiger partial charge in [0.1, 0.15) is 5.76 Å². The molecule has 0 N–H and O–H groups in total. The summed E-state index contributed by atoms with van der Waals surface area (Å²) in [5.74, 6) is 0.830. The van der Waals surface area contributed by atoms with Crippen molar-refractivity contribution >= 4 is 12.2 Å². The van der Waals surface area contributed by atoms with Crippen molar-refractivity contribution in [2.45, 2.75) is 0 Å². The zero-order chi connectivity index (χ0) is 8.93. The van der Waals surface area contributed by atoms with Crippen molar-refractivity contribution in [1.29, 1.82) is 0 Å². The summed E-state index contributed by atoms with van der Waals surface area (Å²) in [5.41, 5.74) is 1.01. The Bertz CT molecular complexity index is 379. The average molecular weight is 172 g/mol. The van der Waals surface area contributed by atoms with Gasteiger partial charge >= 0.3 is 0 Å². The maximum atomic E-state index is 5.13. The van der Waals surface area contributed by atoms with Crippen LogP contribution in [0, 0.1) is 0 Å². The standard InChI is InChI=1S/C10H8N2O/c1-2-10(13-7-1)4-3-9-5-6-11-12-8-9/h1-8H/b4-3+. The van der Waals surface area contributed by atoms with Gasteiger partial charge in [-0.2, -0.15) is 10.2 Å². The summed E-state index contributed by atoms with van der Waals surface area (Å²) in [6.45, 7) is 0. The molecule has 0 fully saturated rings. The van der Waals surface area contributed by atoms with Crippen LogP contribution in [0.2, 0.25) is 0 Å². The fourth-order valence-electron chi connectivity index (χ4n) is 0.964. The molecule has 2 heterocycles. The molecule has 64 valence electrons. The first-order valence-electron chi connectivity index (χ1n) is 3.93. The minimum Gasteiger partial charge on any atom is -0.465 e. The summed E-state index contributed by atoms with van der Waals surface area (Å²) >= 11 is 0. The van der Waals surface area contributed by atoms with Crippen LogP contribution in [0.3, 0.4) is 0 Å². The molecule has 0 unspecified atom stereocenters. The molecule has 2 aromatic heterocycles. The van der Waals surface area contributed by atoms with Gasteiger partial charge in [0.15, 0.2) is 0 Å². The van der Waals surface area contributed by atoms with E-state index in [1.54, 1.807) is 18.7 Å². The van der Waals surface area contributed by atoms with Gasteiger partial charge in [-0.05, 0) is 35.9 Å². The lowest BCUT2D eigenvalue weighted by Gasteiger charge is -1.87. The number of hydrogen-bond donors (Lipinski definition) is 0. The van der Waals surface area contributed by atoms with E-state index in [4.69, 9.17) is 4.42 Å². The van der Waals surface area contributed by atoms with Crippen molar-refractivity contribution < 1.29 is 4.42 Å². The topological polar surface area (TPSA) is 38.9 Å². The third-order valence-corrected chi connectivity index (χ3v) is 1.59. The van der Waals surface area contributed by atoms with E-state index < -0.39 is 0 Å². The number of furan rings is 1. The molecule has 2 rings (SSSR count). The van der Waals surface area contributed by atoms with Gasteiger partial charge < -0.3 is 4.42 Å². The molecule has 0 saturated heterocycles. The summed E-state index contributed by atoms with van der Waals surface area (Å²) in [4.78, 5) is 0. The maximum absolute atomic E-state index is 5.13. The van der Waals surface area contributed by atoms with Gasteiger partial charge in [-0.15, -0.1) is 0 Å². The Morgan fingerprint density at radius 3 is 2.85 bits per heavy atom. The molecule has 0 atom stereocenters. The van der Waals surface area contributed by atoms with Gasteiger partial charge in [-0.1, -0.05) is 0 Å². The molecular formula is C10H8N2O. The van der Waals surface area contributed by atoms with E-state index in [0.717, 1.165) is 11.3 Å². The van der Waals surface area contributed by atoms with Gasteiger partial charge in [0, 0.05) is 0 Å². The molecule has 0 aliphatic heterocycles. The van der Waals surface area contributed by atoms with Crippen LogP contribution in [-0.2, 0) is 0 Å². The zero-order valence-corrected chi connectivity index (χ0v) is 6.92. The first-order chi connectivity index (χ1) is 6.45. The summed E-state index contributed by atoms with van der Waals surface area (Å²) in [7, 11) is 0. The van der Waals surface area contributed by atoms with Gasteiger partial charge in [0.05, 0.1) is 18.7 Å². The Morgan fingerprint density at radius 1 is 1.15 bits per heavy atom. The molecule has 0 aliphatic carbocycles. The van der Waals surface area contributed by atoms with E-state index in [1.807, 2.05) is 30.4 Å². The molecule has 0 bridgehead atoms. The summed E-state index contributed by atoms with van der Waals surface area (Å²) < 4.78 is 5.13. The molecule has 0 aromatic carbocycles. The minimum atomic E-state index is 0.830. The smallest absolute Gasteiger partial charge is 0.126 e. The van der Waals surface area contributed by atoms with Crippen LogP contribution in [0.25, 0.3) is 12.2 Å². The number of hydrogen-bond acceptors (Lipinski definition) is 3. The summed E-state index contributed by atoms with van der Waals surface area (Å²) in [6.07, 6.45) is 8.80. The van der Waals surface area contributed by atoms with Crippen molar-refractivity contribution in [3.8, 4) is 0 Å². The molecule has 0 amide bonds. The van der Waals surface area contributed by atoms with E-state index in [1.165, 1.54) is 0 Å². The molecule has 0 aliphatic rings. The van der Waals surface area contributed by atoms with Gasteiger partial charge in [-0.3, -0.25) is 0 Å². The lowest BCUT2D eigenvalue weighted by Crippen LogP contribution is -1.78. The quantitative estimate of drug-likeness (QED) is 0.697. The highest BCUT2D eigenvalue weighted by molar-refractivity contribution is 5.66. The lowest BCUT2D eigenvalue weighted by atomic mass is 10.2. The fourth-order valence-corrected chi connectivity index (χ4v) is 0.964. The van der Waals surface area contributed by atoms with Crippen LogP contribution in [0.4, 0.5) is 0 Å². The zero-order valence-electron chi connectivity index (χ0n) is 6.92. The second-order valence-electron chi connectivity index (χ2n) is 2.52. The lowest BCUT2D eigenvalue weighted by molar-refractivity contribution is 0.557. The van der Waals surface area contributed by atoms with E-state index in [2.05, 4.69) is 10.2 Å². The van der Waals surface area contributed by atoms with Crippen molar-refractivity contribution in [2.75, 3.05) is 0 Å². The van der Waals surface area contributed by atoms with Crippen LogP contribution in [0.5, 0.6) is 0 Å². The Kier molecular flexibility index (Phi) is 2.18. The van der Waals surface area contributed by atoms with Crippen molar-refractivity contribution in [3.63, 3.8) is 0 Å². The Hall–Kier alpha value is -1.90. The van der Waals surface area contributed by atoms with Gasteiger partial charge in [0.2, 0.25) is 0 Å². The number of aromatic nitrogens is 2. The highest BCUT2D eigenvalue weighted by Gasteiger charge is 1.88. The molecule has 13 heavy (non-hydrogen) atoms. The normalized spacial score (nSPS) is 10.8. The first-order valence-corrected chi connectivity index (χ1v) is 3.93. The summed E-state index contributed by atoms with van der Waals surface area (Å²) in [5, 5.41) is 7.44. The monoisotopic (exact) mass is 172 g/mol. The SMILES string of the molecule is C(=C\c1ccco1)/c1ccnnc1. The molecule has 0 saturated carbocycles. The van der Waals surface area contributed by atoms with Crippen LogP contribution in [0.1, 0.15) is 11.3 Å². The van der Waals surface area contributed by atoms with Crippen LogP contribution >= 0.6 is 0 Å². The van der Waals surface area contributed by atoms with E-state index in [0.29, 0.717) is 0 Å². The summed E-state index contributed by atoms with van der Waals surface area (Å²) in [6, 6.07) is 5.63. The van der Waals surface area contributed by atoms with E-state index >= 15 is 0 Å². The molecule has 3 nitrogen and oxygen atoms in total. The highest BCUT2D eigenvalue weighted by atomic mass is 16.3. The largest absolute Gasteiger partial charge is 0.465 e. The molecule has 2 aromatic rings. The van der Waals surface area contributed by atoms with Gasteiger partial charge in [-0.25, -0.2) is 0 Å². The second-order valence-corrected chi connectivity index (χ2v) is 2.52. The molecule has 0 spiro atoms. The first kappa shape index (κ1) is 7.73. The second kappa shape index (κ2) is 3.67. The van der Waals surface area contributed by atoms with E-state index in [9.17, 15) is 0 Å². The highest BCUT2D eigenvalue weighted by Crippen LogP contribution is 2.06. The number of rotatable bonds is 2. The third-order valence-electron chi connectivity index (χ3n) is 1.59. The van der Waals surface area contributed by atoms with Crippen LogP contribution < -0.4 is 0 Å². The van der Waals surface area contributed by atoms with E-state index in [-0.39, 0.29) is 0 Å². The Balaban J connectivity index is 2.15. The average Bonchev–Trinajstić information content (AvgIpc) is 2.69. The van der Waals surface area contributed by atoms with Gasteiger partial charge in [0.25, 0.3) is 0 Å². The Morgan fingerprint density at radius 2 is 2.15 bits per heavy atom. The van der Waals surface area contributed by atoms with Crippen molar-refractivity contribution in [3.05, 3.63) is 48.2 Å². The molecule has 3 heteroatoms. The number of nitrogens with zero attached hydrogens (tertiary/aromatic N) is 2. The minimum absolute atomic E-state index is 0.830. The van der Waals surface area contributed by atoms with Crippen LogP contribution in [-0.4, -0.2) is 10.2 Å². The Labute approximate surface area is 75.7 Å². The van der Waals surface area contributed by atoms with Crippen LogP contribution in [0.15, 0.2) is 41.3 Å². The maximum Gasteiger partial charge on any atom is 0.126 e.